The van der Waals surface area contributed by atoms with E-state index >= 15 is 0 Å². The third kappa shape index (κ3) is 3.22. The Bertz CT molecular complexity index is 638. The number of hydrogen-bond acceptors (Lipinski definition) is 4. The Labute approximate surface area is 126 Å². The predicted octanol–water partition coefficient (Wildman–Crippen LogP) is 3.48. The molecule has 0 aliphatic heterocycles. The van der Waals surface area contributed by atoms with E-state index in [4.69, 9.17) is 0 Å². The van der Waals surface area contributed by atoms with Crippen LogP contribution in [0.15, 0.2) is 24.4 Å². The van der Waals surface area contributed by atoms with E-state index in [1.165, 1.54) is 11.1 Å². The van der Waals surface area contributed by atoms with Crippen molar-refractivity contribution in [1.82, 2.24) is 9.97 Å². The molecule has 0 unspecified atom stereocenters. The second kappa shape index (κ2) is 6.22. The third-order valence-electron chi connectivity index (χ3n) is 3.61. The fraction of sp³-hybridized carbons (Fsp3) is 0.412. The van der Waals surface area contributed by atoms with Crippen LogP contribution in [0.3, 0.4) is 0 Å². The number of aryl methyl sites for hydroxylation is 2. The van der Waals surface area contributed by atoms with Crippen molar-refractivity contribution >= 4 is 11.4 Å². The monoisotopic (exact) mass is 285 g/mol. The van der Waals surface area contributed by atoms with Gasteiger partial charge in [0.2, 0.25) is 0 Å². The fourth-order valence-corrected chi connectivity index (χ4v) is 2.41. The van der Waals surface area contributed by atoms with Crippen LogP contribution in [0, 0.1) is 13.8 Å². The molecule has 2 aromatic rings. The van der Waals surface area contributed by atoms with Crippen molar-refractivity contribution < 1.29 is 5.11 Å². The fourth-order valence-electron chi connectivity index (χ4n) is 2.41. The van der Waals surface area contributed by atoms with Gasteiger partial charge in [0.25, 0.3) is 0 Å². The molecule has 0 saturated heterocycles. The highest BCUT2D eigenvalue weighted by molar-refractivity contribution is 5.67. The van der Waals surface area contributed by atoms with E-state index < -0.39 is 0 Å². The highest BCUT2D eigenvalue weighted by atomic mass is 16.3. The summed E-state index contributed by atoms with van der Waals surface area (Å²) in [4.78, 5) is 10.9. The average Bonchev–Trinajstić information content (AvgIpc) is 2.45. The molecule has 0 atom stereocenters. The molecule has 0 bridgehead atoms. The van der Waals surface area contributed by atoms with E-state index in [2.05, 4.69) is 42.0 Å². The van der Waals surface area contributed by atoms with Crippen LogP contribution in [0.4, 0.5) is 11.4 Å². The second-order valence-electron chi connectivity index (χ2n) is 5.72. The Morgan fingerprint density at radius 2 is 1.90 bits per heavy atom. The van der Waals surface area contributed by atoms with Gasteiger partial charge in [0, 0.05) is 18.7 Å². The lowest BCUT2D eigenvalue weighted by Gasteiger charge is -2.23. The van der Waals surface area contributed by atoms with Crippen molar-refractivity contribution in [2.75, 3.05) is 11.9 Å². The first-order valence-corrected chi connectivity index (χ1v) is 7.21. The zero-order valence-electron chi connectivity index (χ0n) is 13.4. The van der Waals surface area contributed by atoms with Gasteiger partial charge in [-0.15, -0.1) is 0 Å². The van der Waals surface area contributed by atoms with Crippen LogP contribution in [-0.2, 0) is 6.61 Å². The minimum atomic E-state index is -0.0905. The summed E-state index contributed by atoms with van der Waals surface area (Å²) in [6.45, 7) is 8.16. The van der Waals surface area contributed by atoms with Crippen LogP contribution in [0.5, 0.6) is 0 Å². The molecule has 112 valence electrons. The Kier molecular flexibility index (Phi) is 4.58. The van der Waals surface area contributed by atoms with Gasteiger partial charge in [0.05, 0.1) is 24.2 Å². The van der Waals surface area contributed by atoms with Crippen molar-refractivity contribution in [3.63, 3.8) is 0 Å². The Morgan fingerprint density at radius 3 is 2.48 bits per heavy atom. The summed E-state index contributed by atoms with van der Waals surface area (Å²) in [6, 6.07) is 6.32. The van der Waals surface area contributed by atoms with Gasteiger partial charge < -0.3 is 10.0 Å². The lowest BCUT2D eigenvalue weighted by molar-refractivity contribution is 0.276. The average molecular weight is 285 g/mol. The van der Waals surface area contributed by atoms with E-state index in [0.29, 0.717) is 5.69 Å². The van der Waals surface area contributed by atoms with Crippen LogP contribution in [0.2, 0.25) is 0 Å². The van der Waals surface area contributed by atoms with Gasteiger partial charge in [0.1, 0.15) is 5.82 Å². The molecule has 0 amide bonds. The number of rotatable bonds is 4. The molecule has 0 spiro atoms. The molecule has 1 N–H and O–H groups in total. The maximum absolute atomic E-state index is 9.62. The topological polar surface area (TPSA) is 49.2 Å². The lowest BCUT2D eigenvalue weighted by atomic mass is 10.1. The highest BCUT2D eigenvalue weighted by Gasteiger charge is 2.15. The Hall–Kier alpha value is -1.94. The number of anilines is 2. The zero-order chi connectivity index (χ0) is 15.6. The lowest BCUT2D eigenvalue weighted by Crippen LogP contribution is -2.16. The maximum Gasteiger partial charge on any atom is 0.131 e. The normalized spacial score (nSPS) is 11.0. The largest absolute Gasteiger partial charge is 0.390 e. The van der Waals surface area contributed by atoms with E-state index in [1.54, 1.807) is 6.20 Å². The second-order valence-corrected chi connectivity index (χ2v) is 5.72. The smallest absolute Gasteiger partial charge is 0.131 e. The molecule has 1 heterocycles. The maximum atomic E-state index is 9.62. The summed E-state index contributed by atoms with van der Waals surface area (Å²) < 4.78 is 0. The van der Waals surface area contributed by atoms with Crippen LogP contribution in [-0.4, -0.2) is 22.1 Å². The van der Waals surface area contributed by atoms with Gasteiger partial charge in [-0.2, -0.15) is 0 Å². The first kappa shape index (κ1) is 15.4. The molecule has 2 rings (SSSR count). The van der Waals surface area contributed by atoms with Crippen molar-refractivity contribution in [3.8, 4) is 0 Å². The number of aromatic nitrogens is 2. The minimum Gasteiger partial charge on any atom is -0.390 e. The molecular weight excluding hydrogens is 262 g/mol. The molecule has 0 fully saturated rings. The van der Waals surface area contributed by atoms with Gasteiger partial charge in [-0.05, 0) is 25.5 Å². The molecule has 0 saturated carbocycles. The van der Waals surface area contributed by atoms with Gasteiger partial charge in [0.15, 0.2) is 0 Å². The van der Waals surface area contributed by atoms with Gasteiger partial charge in [-0.25, -0.2) is 9.97 Å². The number of aliphatic hydroxyl groups excluding tert-OH is 1. The van der Waals surface area contributed by atoms with Crippen molar-refractivity contribution in [3.05, 3.63) is 47.0 Å². The predicted molar refractivity (Wildman–Crippen MR) is 86.0 cm³/mol. The van der Waals surface area contributed by atoms with Gasteiger partial charge in [-0.3, -0.25) is 0 Å². The molecule has 4 heteroatoms. The van der Waals surface area contributed by atoms with E-state index in [9.17, 15) is 5.11 Å². The summed E-state index contributed by atoms with van der Waals surface area (Å²) in [6.07, 6.45) is 1.80. The molecule has 1 aromatic carbocycles. The van der Waals surface area contributed by atoms with Crippen molar-refractivity contribution in [2.24, 2.45) is 0 Å². The number of aliphatic hydroxyl groups is 1. The highest BCUT2D eigenvalue weighted by Crippen LogP contribution is 2.29. The summed E-state index contributed by atoms with van der Waals surface area (Å²) >= 11 is 0. The summed E-state index contributed by atoms with van der Waals surface area (Å²) in [7, 11) is 1.98. The summed E-state index contributed by atoms with van der Waals surface area (Å²) in [5.41, 5.74) is 5.02. The first-order chi connectivity index (χ1) is 9.93. The molecule has 0 radical (unpaired) electrons. The molecule has 1 aromatic heterocycles. The van der Waals surface area contributed by atoms with E-state index in [0.717, 1.165) is 17.2 Å². The van der Waals surface area contributed by atoms with Gasteiger partial charge in [-0.1, -0.05) is 31.5 Å². The quantitative estimate of drug-likeness (QED) is 0.934. The van der Waals surface area contributed by atoms with E-state index in [-0.39, 0.29) is 12.5 Å². The van der Waals surface area contributed by atoms with Crippen molar-refractivity contribution in [2.45, 2.75) is 40.2 Å². The minimum absolute atomic E-state index is 0.0905. The molecule has 0 aliphatic rings. The summed E-state index contributed by atoms with van der Waals surface area (Å²) in [5, 5.41) is 9.62. The van der Waals surface area contributed by atoms with Gasteiger partial charge >= 0.3 is 0 Å². The van der Waals surface area contributed by atoms with Crippen molar-refractivity contribution in [1.29, 1.82) is 0 Å². The number of nitrogens with zero attached hydrogens (tertiary/aromatic N) is 3. The van der Waals surface area contributed by atoms with Crippen LogP contribution in [0.1, 0.15) is 42.4 Å². The van der Waals surface area contributed by atoms with E-state index in [1.807, 2.05) is 25.8 Å². The number of benzene rings is 1. The Morgan fingerprint density at radius 1 is 1.19 bits per heavy atom. The standard InChI is InChI=1S/C17H23N3O/c1-11(2)17-18-9-16(14(10-21)19-17)20(5)15-7-6-12(3)8-13(15)4/h6-9,11,21H,10H2,1-5H3. The number of hydrogen-bond donors (Lipinski definition) is 1. The SMILES string of the molecule is Cc1ccc(N(C)c2cnc(C(C)C)nc2CO)c(C)c1. The van der Waals surface area contributed by atoms with Crippen LogP contribution >= 0.6 is 0 Å². The first-order valence-electron chi connectivity index (χ1n) is 7.21. The third-order valence-corrected chi connectivity index (χ3v) is 3.61. The molecular formula is C17H23N3O. The van der Waals surface area contributed by atoms with Crippen LogP contribution in [0.25, 0.3) is 0 Å². The summed E-state index contributed by atoms with van der Waals surface area (Å²) in [5.74, 6) is 1.01. The molecule has 0 aliphatic carbocycles. The zero-order valence-corrected chi connectivity index (χ0v) is 13.4. The molecule has 21 heavy (non-hydrogen) atoms. The van der Waals surface area contributed by atoms with Crippen LogP contribution < -0.4 is 4.90 Å². The Balaban J connectivity index is 2.45. The molecule has 4 nitrogen and oxygen atoms in total.